The van der Waals surface area contributed by atoms with Crippen molar-refractivity contribution in [3.8, 4) is 5.75 Å². The van der Waals surface area contributed by atoms with Gasteiger partial charge in [0.2, 0.25) is 0 Å². The first-order valence-corrected chi connectivity index (χ1v) is 4.83. The Kier molecular flexibility index (Phi) is 4.09. The molecule has 4 nitrogen and oxygen atoms in total. The molecule has 0 radical (unpaired) electrons. The molecule has 1 aromatic rings. The van der Waals surface area contributed by atoms with Crippen LogP contribution in [0.2, 0.25) is 5.02 Å². The van der Waals surface area contributed by atoms with Crippen molar-refractivity contribution < 1.29 is 19.0 Å². The molecule has 88 valence electrons. The van der Waals surface area contributed by atoms with Crippen LogP contribution in [0.5, 0.6) is 5.75 Å². The number of carboxylic acid groups (broad SMARTS) is 1. The summed E-state index contributed by atoms with van der Waals surface area (Å²) in [6, 6.07) is 1.48. The van der Waals surface area contributed by atoms with Crippen molar-refractivity contribution in [3.63, 3.8) is 0 Å². The first-order valence-electron chi connectivity index (χ1n) is 4.46. The van der Waals surface area contributed by atoms with E-state index in [1.54, 1.807) is 0 Å². The fourth-order valence-corrected chi connectivity index (χ4v) is 1.47. The van der Waals surface area contributed by atoms with Gasteiger partial charge in [-0.1, -0.05) is 11.6 Å². The smallest absolute Gasteiger partial charge is 0.320 e. The van der Waals surface area contributed by atoms with E-state index >= 15 is 0 Å². The van der Waals surface area contributed by atoms with Crippen LogP contribution in [0.15, 0.2) is 12.1 Å². The molecule has 1 unspecified atom stereocenters. The van der Waals surface area contributed by atoms with E-state index in [9.17, 15) is 9.18 Å². The van der Waals surface area contributed by atoms with Crippen LogP contribution >= 0.6 is 11.6 Å². The van der Waals surface area contributed by atoms with Crippen molar-refractivity contribution in [2.45, 2.75) is 12.5 Å². The van der Waals surface area contributed by atoms with Crippen molar-refractivity contribution in [1.29, 1.82) is 0 Å². The van der Waals surface area contributed by atoms with Gasteiger partial charge in [-0.25, -0.2) is 4.39 Å². The molecule has 1 atom stereocenters. The Morgan fingerprint density at radius 2 is 2.31 bits per heavy atom. The number of halogens is 2. The lowest BCUT2D eigenvalue weighted by Crippen LogP contribution is -2.32. The number of benzene rings is 1. The molecular formula is C10H11ClFNO3. The Morgan fingerprint density at radius 3 is 2.81 bits per heavy atom. The molecule has 0 saturated carbocycles. The minimum absolute atomic E-state index is 0.0277. The Morgan fingerprint density at radius 1 is 1.69 bits per heavy atom. The number of hydrogen-bond acceptors (Lipinski definition) is 3. The zero-order valence-corrected chi connectivity index (χ0v) is 9.29. The molecule has 6 heteroatoms. The van der Waals surface area contributed by atoms with Gasteiger partial charge in [0.05, 0.1) is 7.11 Å². The number of carboxylic acids is 1. The Bertz CT molecular complexity index is 411. The second kappa shape index (κ2) is 5.14. The molecule has 0 saturated heterocycles. The molecule has 16 heavy (non-hydrogen) atoms. The molecule has 0 fully saturated rings. The third-order valence-corrected chi connectivity index (χ3v) is 2.27. The summed E-state index contributed by atoms with van der Waals surface area (Å²) >= 11 is 5.73. The molecule has 0 aliphatic rings. The number of rotatable bonds is 4. The van der Waals surface area contributed by atoms with E-state index in [1.165, 1.54) is 19.2 Å². The molecule has 0 bridgehead atoms. The van der Waals surface area contributed by atoms with Gasteiger partial charge in [-0.05, 0) is 11.6 Å². The summed E-state index contributed by atoms with van der Waals surface area (Å²) in [7, 11) is 1.30. The number of ether oxygens (including phenoxy) is 1. The molecule has 1 rings (SSSR count). The topological polar surface area (TPSA) is 72.5 Å². The van der Waals surface area contributed by atoms with Crippen molar-refractivity contribution in [2.24, 2.45) is 5.73 Å². The number of nitrogens with two attached hydrogens (primary N) is 1. The van der Waals surface area contributed by atoms with Gasteiger partial charge in [0.25, 0.3) is 0 Å². The molecule has 0 spiro atoms. The van der Waals surface area contributed by atoms with Gasteiger partial charge >= 0.3 is 5.97 Å². The van der Waals surface area contributed by atoms with Crippen molar-refractivity contribution in [2.75, 3.05) is 7.11 Å². The molecule has 3 N–H and O–H groups in total. The van der Waals surface area contributed by atoms with E-state index < -0.39 is 17.8 Å². The van der Waals surface area contributed by atoms with Gasteiger partial charge in [0.15, 0.2) is 11.6 Å². The summed E-state index contributed by atoms with van der Waals surface area (Å²) in [5, 5.41) is 8.89. The highest BCUT2D eigenvalue weighted by Crippen LogP contribution is 2.26. The molecule has 0 amide bonds. The normalized spacial score (nSPS) is 12.2. The summed E-state index contributed by atoms with van der Waals surface area (Å²) in [6.07, 6.45) is -0.141. The Hall–Kier alpha value is -1.33. The average Bonchev–Trinajstić information content (AvgIpc) is 2.22. The highest BCUT2D eigenvalue weighted by atomic mass is 35.5. The quantitative estimate of drug-likeness (QED) is 0.845. The number of carbonyl (C=O) groups is 1. The van der Waals surface area contributed by atoms with Crippen LogP contribution in [-0.4, -0.2) is 24.2 Å². The van der Waals surface area contributed by atoms with Gasteiger partial charge < -0.3 is 15.6 Å². The first kappa shape index (κ1) is 12.7. The zero-order chi connectivity index (χ0) is 12.3. The van der Waals surface area contributed by atoms with Crippen LogP contribution in [-0.2, 0) is 11.2 Å². The lowest BCUT2D eigenvalue weighted by atomic mass is 10.1. The average molecular weight is 248 g/mol. The van der Waals surface area contributed by atoms with E-state index in [0.29, 0.717) is 0 Å². The SMILES string of the molecule is COc1cc(Cl)cc(CC(N)C(=O)O)c1F. The molecule has 0 heterocycles. The van der Waals surface area contributed by atoms with Crippen molar-refractivity contribution >= 4 is 17.6 Å². The van der Waals surface area contributed by atoms with Gasteiger partial charge in [0, 0.05) is 17.5 Å². The zero-order valence-electron chi connectivity index (χ0n) is 8.54. The van der Waals surface area contributed by atoms with Crippen LogP contribution < -0.4 is 10.5 Å². The number of aliphatic carboxylic acids is 1. The van der Waals surface area contributed by atoms with Gasteiger partial charge in [-0.15, -0.1) is 0 Å². The number of methoxy groups -OCH3 is 1. The minimum Gasteiger partial charge on any atom is -0.494 e. The first-order chi connectivity index (χ1) is 7.45. The predicted octanol–water partition coefficient (Wildman–Crippen LogP) is 1.44. The number of hydrogen-bond donors (Lipinski definition) is 2. The maximum Gasteiger partial charge on any atom is 0.320 e. The van der Waals surface area contributed by atoms with Crippen LogP contribution in [0.3, 0.4) is 0 Å². The predicted molar refractivity (Wildman–Crippen MR) is 57.3 cm³/mol. The lowest BCUT2D eigenvalue weighted by Gasteiger charge is -2.10. The molecule has 0 aliphatic carbocycles. The second-order valence-electron chi connectivity index (χ2n) is 3.23. The molecule has 0 aromatic heterocycles. The van der Waals surface area contributed by atoms with Crippen LogP contribution in [0.4, 0.5) is 4.39 Å². The van der Waals surface area contributed by atoms with E-state index in [-0.39, 0.29) is 22.8 Å². The highest BCUT2D eigenvalue weighted by Gasteiger charge is 2.17. The summed E-state index contributed by atoms with van der Waals surface area (Å²) in [5.74, 6) is -1.86. The fraction of sp³-hybridized carbons (Fsp3) is 0.300. The largest absolute Gasteiger partial charge is 0.494 e. The Labute approximate surface area is 96.8 Å². The van der Waals surface area contributed by atoms with E-state index in [1.807, 2.05) is 0 Å². The molecule has 0 aliphatic heterocycles. The lowest BCUT2D eigenvalue weighted by molar-refractivity contribution is -0.138. The molecular weight excluding hydrogens is 237 g/mol. The maximum atomic E-state index is 13.6. The third-order valence-electron chi connectivity index (χ3n) is 2.06. The standard InChI is InChI=1S/C10H11ClFNO3/c1-16-8-4-6(11)2-5(9(8)12)3-7(13)10(14)15/h2,4,7H,3,13H2,1H3,(H,14,15). The van der Waals surface area contributed by atoms with Gasteiger partial charge in [-0.2, -0.15) is 0 Å². The van der Waals surface area contributed by atoms with Gasteiger partial charge in [0.1, 0.15) is 6.04 Å². The Balaban J connectivity index is 3.04. The minimum atomic E-state index is -1.20. The summed E-state index contributed by atoms with van der Waals surface area (Å²) in [4.78, 5) is 10.5. The maximum absolute atomic E-state index is 13.6. The van der Waals surface area contributed by atoms with Gasteiger partial charge in [-0.3, -0.25) is 4.79 Å². The second-order valence-corrected chi connectivity index (χ2v) is 3.67. The molecule has 1 aromatic carbocycles. The summed E-state index contributed by atoms with van der Waals surface area (Å²) in [6.45, 7) is 0. The van der Waals surface area contributed by atoms with E-state index in [4.69, 9.17) is 27.2 Å². The monoisotopic (exact) mass is 247 g/mol. The third kappa shape index (κ3) is 2.84. The summed E-state index contributed by atoms with van der Waals surface area (Å²) in [5.41, 5.74) is 5.43. The van der Waals surface area contributed by atoms with Crippen LogP contribution in [0.1, 0.15) is 5.56 Å². The van der Waals surface area contributed by atoms with E-state index in [0.717, 1.165) is 0 Å². The summed E-state index contributed by atoms with van der Waals surface area (Å²) < 4.78 is 18.4. The van der Waals surface area contributed by atoms with Crippen LogP contribution in [0, 0.1) is 5.82 Å². The van der Waals surface area contributed by atoms with Crippen LogP contribution in [0.25, 0.3) is 0 Å². The van der Waals surface area contributed by atoms with Crippen molar-refractivity contribution in [1.82, 2.24) is 0 Å². The van der Waals surface area contributed by atoms with E-state index in [2.05, 4.69) is 0 Å². The highest BCUT2D eigenvalue weighted by molar-refractivity contribution is 6.30. The fourth-order valence-electron chi connectivity index (χ4n) is 1.24. The van der Waals surface area contributed by atoms with Crippen molar-refractivity contribution in [3.05, 3.63) is 28.5 Å².